The van der Waals surface area contributed by atoms with E-state index in [1.165, 1.54) is 23.5 Å². The molecule has 1 saturated heterocycles. The van der Waals surface area contributed by atoms with E-state index in [-0.39, 0.29) is 5.91 Å². The first-order valence-electron chi connectivity index (χ1n) is 7.41. The number of hydrogen-bond acceptors (Lipinski definition) is 5. The minimum absolute atomic E-state index is 0.132. The number of amides is 1. The Morgan fingerprint density at radius 2 is 1.91 bits per heavy atom. The highest BCUT2D eigenvalue weighted by atomic mass is 32.2. The summed E-state index contributed by atoms with van der Waals surface area (Å²) in [4.78, 5) is 16.4. The number of methoxy groups -OCH3 is 1. The summed E-state index contributed by atoms with van der Waals surface area (Å²) in [5.41, 5.74) is 2.58. The van der Waals surface area contributed by atoms with Crippen LogP contribution in [0.4, 0.5) is 5.69 Å². The van der Waals surface area contributed by atoms with Gasteiger partial charge in [-0.05, 0) is 41.7 Å². The molecule has 6 heteroatoms. The third-order valence-corrected chi connectivity index (χ3v) is 6.49. The fourth-order valence-electron chi connectivity index (χ4n) is 2.25. The standard InChI is InChI=1S/C17H18N2O2S2/c1-21-15-8-7-14(11-18-15)19-16(20)12-3-5-13(6-4-12)17-22-9-2-10-23-17/h3-8,11,17H,2,9-10H2,1H3,(H,19,20). The van der Waals surface area contributed by atoms with Gasteiger partial charge in [-0.15, -0.1) is 23.5 Å². The Labute approximate surface area is 144 Å². The molecule has 2 heterocycles. The number of rotatable bonds is 4. The van der Waals surface area contributed by atoms with Crippen LogP contribution < -0.4 is 10.1 Å². The van der Waals surface area contributed by atoms with Gasteiger partial charge in [0.2, 0.25) is 5.88 Å². The molecule has 1 aromatic carbocycles. The normalized spacial score (nSPS) is 15.2. The van der Waals surface area contributed by atoms with Crippen molar-refractivity contribution < 1.29 is 9.53 Å². The summed E-state index contributed by atoms with van der Waals surface area (Å²) in [6.45, 7) is 0. The smallest absolute Gasteiger partial charge is 0.255 e. The number of anilines is 1. The van der Waals surface area contributed by atoms with Crippen molar-refractivity contribution in [2.24, 2.45) is 0 Å². The molecule has 4 nitrogen and oxygen atoms in total. The van der Waals surface area contributed by atoms with Gasteiger partial charge in [0.1, 0.15) is 0 Å². The van der Waals surface area contributed by atoms with E-state index in [2.05, 4.69) is 22.4 Å². The summed E-state index contributed by atoms with van der Waals surface area (Å²) in [6.07, 6.45) is 2.86. The zero-order valence-electron chi connectivity index (χ0n) is 12.8. The molecule has 0 radical (unpaired) electrons. The summed E-state index contributed by atoms with van der Waals surface area (Å²) < 4.78 is 5.49. The molecular weight excluding hydrogens is 328 g/mol. The van der Waals surface area contributed by atoms with Crippen LogP contribution in [0.25, 0.3) is 0 Å². The van der Waals surface area contributed by atoms with Crippen molar-refractivity contribution in [2.45, 2.75) is 11.0 Å². The van der Waals surface area contributed by atoms with Gasteiger partial charge >= 0.3 is 0 Å². The zero-order valence-corrected chi connectivity index (χ0v) is 14.5. The van der Waals surface area contributed by atoms with Crippen LogP contribution in [0.1, 0.15) is 26.9 Å². The van der Waals surface area contributed by atoms with Crippen molar-refractivity contribution in [1.82, 2.24) is 4.98 Å². The number of carbonyl (C=O) groups excluding carboxylic acids is 1. The van der Waals surface area contributed by atoms with Crippen molar-refractivity contribution in [3.63, 3.8) is 0 Å². The van der Waals surface area contributed by atoms with Crippen LogP contribution in [0.15, 0.2) is 42.6 Å². The van der Waals surface area contributed by atoms with Gasteiger partial charge in [-0.25, -0.2) is 4.98 Å². The molecule has 1 aromatic heterocycles. The van der Waals surface area contributed by atoms with E-state index in [0.29, 0.717) is 21.7 Å². The average molecular weight is 346 g/mol. The number of pyridine rings is 1. The van der Waals surface area contributed by atoms with Crippen molar-refractivity contribution in [3.8, 4) is 5.88 Å². The Morgan fingerprint density at radius 1 is 1.17 bits per heavy atom. The molecule has 1 aliphatic rings. The lowest BCUT2D eigenvalue weighted by Crippen LogP contribution is -2.12. The molecule has 0 saturated carbocycles. The molecule has 1 amide bonds. The molecule has 0 aliphatic carbocycles. The van der Waals surface area contributed by atoms with E-state index in [0.717, 1.165) is 0 Å². The molecular formula is C17H18N2O2S2. The minimum atomic E-state index is -0.132. The van der Waals surface area contributed by atoms with Crippen LogP contribution in [-0.2, 0) is 0 Å². The monoisotopic (exact) mass is 346 g/mol. The molecule has 1 N–H and O–H groups in total. The van der Waals surface area contributed by atoms with Gasteiger partial charge in [-0.3, -0.25) is 4.79 Å². The van der Waals surface area contributed by atoms with E-state index >= 15 is 0 Å². The summed E-state index contributed by atoms with van der Waals surface area (Å²) >= 11 is 3.96. The van der Waals surface area contributed by atoms with Crippen molar-refractivity contribution in [1.29, 1.82) is 0 Å². The number of ether oxygens (including phenoxy) is 1. The van der Waals surface area contributed by atoms with Gasteiger partial charge in [-0.2, -0.15) is 0 Å². The SMILES string of the molecule is COc1ccc(NC(=O)c2ccc(C3SCCCS3)cc2)cn1. The number of aromatic nitrogens is 1. The van der Waals surface area contributed by atoms with Crippen molar-refractivity contribution >= 4 is 35.1 Å². The predicted octanol–water partition coefficient (Wildman–Crippen LogP) is 4.21. The molecule has 23 heavy (non-hydrogen) atoms. The van der Waals surface area contributed by atoms with Crippen LogP contribution >= 0.6 is 23.5 Å². The highest BCUT2D eigenvalue weighted by Crippen LogP contribution is 2.43. The van der Waals surface area contributed by atoms with E-state index < -0.39 is 0 Å². The Kier molecular flexibility index (Phi) is 5.46. The van der Waals surface area contributed by atoms with E-state index in [1.54, 1.807) is 25.4 Å². The summed E-state index contributed by atoms with van der Waals surface area (Å²) in [7, 11) is 1.56. The number of nitrogens with one attached hydrogen (secondary N) is 1. The number of benzene rings is 1. The maximum absolute atomic E-state index is 12.3. The molecule has 0 bridgehead atoms. The number of thioether (sulfide) groups is 2. The van der Waals surface area contributed by atoms with Crippen LogP contribution in [0, 0.1) is 0 Å². The lowest BCUT2D eigenvalue weighted by molar-refractivity contribution is 0.102. The number of carbonyl (C=O) groups is 1. The molecule has 120 valence electrons. The van der Waals surface area contributed by atoms with Gasteiger partial charge in [0, 0.05) is 11.6 Å². The molecule has 1 aliphatic heterocycles. The summed E-state index contributed by atoms with van der Waals surface area (Å²) in [5.74, 6) is 2.82. The van der Waals surface area contributed by atoms with Gasteiger partial charge in [0.15, 0.2) is 0 Å². The largest absolute Gasteiger partial charge is 0.481 e. The van der Waals surface area contributed by atoms with Crippen LogP contribution in [0.3, 0.4) is 0 Å². The van der Waals surface area contributed by atoms with Gasteiger partial charge < -0.3 is 10.1 Å². The van der Waals surface area contributed by atoms with Crippen molar-refractivity contribution in [2.75, 3.05) is 23.9 Å². The minimum Gasteiger partial charge on any atom is -0.481 e. The number of hydrogen-bond donors (Lipinski definition) is 1. The second kappa shape index (κ2) is 7.75. The highest BCUT2D eigenvalue weighted by molar-refractivity contribution is 8.16. The zero-order chi connectivity index (χ0) is 16.1. The predicted molar refractivity (Wildman–Crippen MR) is 97.5 cm³/mol. The first-order chi connectivity index (χ1) is 11.3. The Hall–Kier alpha value is -1.66. The molecule has 3 rings (SSSR count). The van der Waals surface area contributed by atoms with E-state index in [9.17, 15) is 4.79 Å². The summed E-state index contributed by atoms with van der Waals surface area (Å²) in [6, 6.07) is 11.4. The van der Waals surface area contributed by atoms with Crippen molar-refractivity contribution in [3.05, 3.63) is 53.7 Å². The highest BCUT2D eigenvalue weighted by Gasteiger charge is 2.17. The maximum Gasteiger partial charge on any atom is 0.255 e. The Balaban J connectivity index is 1.64. The molecule has 1 fully saturated rings. The van der Waals surface area contributed by atoms with Gasteiger partial charge in [-0.1, -0.05) is 12.1 Å². The second-order valence-corrected chi connectivity index (χ2v) is 7.82. The molecule has 2 aromatic rings. The number of nitrogens with zero attached hydrogens (tertiary/aromatic N) is 1. The lowest BCUT2D eigenvalue weighted by Gasteiger charge is -2.21. The Bertz CT molecular complexity index is 653. The van der Waals surface area contributed by atoms with E-state index in [1.807, 2.05) is 35.7 Å². The lowest BCUT2D eigenvalue weighted by atomic mass is 10.1. The van der Waals surface area contributed by atoms with Crippen LogP contribution in [-0.4, -0.2) is 29.5 Å². The first-order valence-corrected chi connectivity index (χ1v) is 9.50. The van der Waals surface area contributed by atoms with Gasteiger partial charge in [0.25, 0.3) is 5.91 Å². The first kappa shape index (κ1) is 16.2. The average Bonchev–Trinajstić information content (AvgIpc) is 2.63. The van der Waals surface area contributed by atoms with Crippen LogP contribution in [0.5, 0.6) is 5.88 Å². The second-order valence-electron chi connectivity index (χ2n) is 5.09. The fraction of sp³-hybridized carbons (Fsp3) is 0.294. The third kappa shape index (κ3) is 4.20. The Morgan fingerprint density at radius 3 is 2.52 bits per heavy atom. The third-order valence-electron chi connectivity index (χ3n) is 3.48. The maximum atomic E-state index is 12.3. The van der Waals surface area contributed by atoms with Crippen LogP contribution in [0.2, 0.25) is 0 Å². The quantitative estimate of drug-likeness (QED) is 0.899. The summed E-state index contributed by atoms with van der Waals surface area (Å²) in [5, 5.41) is 2.84. The fourth-order valence-corrected chi connectivity index (χ4v) is 5.14. The van der Waals surface area contributed by atoms with E-state index in [4.69, 9.17) is 4.74 Å². The molecule has 0 atom stereocenters. The topological polar surface area (TPSA) is 51.2 Å². The molecule has 0 spiro atoms. The molecule has 0 unspecified atom stereocenters. The van der Waals surface area contributed by atoms with Gasteiger partial charge in [0.05, 0.1) is 23.6 Å².